The molecule has 1 saturated heterocycles. The summed E-state index contributed by atoms with van der Waals surface area (Å²) < 4.78 is 0. The first-order valence-corrected chi connectivity index (χ1v) is 5.18. The Kier molecular flexibility index (Phi) is 2.53. The molecule has 0 radical (unpaired) electrons. The lowest BCUT2D eigenvalue weighted by atomic mass is 9.91. The predicted octanol–water partition coefficient (Wildman–Crippen LogP) is 0.625. The molecule has 2 heterocycles. The Morgan fingerprint density at radius 3 is 3.13 bits per heavy atom. The third-order valence-corrected chi connectivity index (χ3v) is 3.14. The summed E-state index contributed by atoms with van der Waals surface area (Å²) in [6, 6.07) is 2.27. The van der Waals surface area contributed by atoms with Crippen LogP contribution in [0.15, 0.2) is 10.2 Å². The van der Waals surface area contributed by atoms with Crippen molar-refractivity contribution in [2.24, 2.45) is 16.1 Å². The van der Waals surface area contributed by atoms with Crippen LogP contribution in [0.5, 0.6) is 0 Å². The molecule has 80 valence electrons. The molecule has 0 spiro atoms. The van der Waals surface area contributed by atoms with Crippen molar-refractivity contribution in [1.29, 1.82) is 5.26 Å². The van der Waals surface area contributed by atoms with Gasteiger partial charge in [0, 0.05) is 32.0 Å². The number of azo groups is 1. The third kappa shape index (κ3) is 1.77. The highest BCUT2D eigenvalue weighted by Crippen LogP contribution is 2.35. The average Bonchev–Trinajstić information content (AvgIpc) is 2.70. The molecule has 1 fully saturated rings. The second-order valence-corrected chi connectivity index (χ2v) is 4.34. The van der Waals surface area contributed by atoms with Crippen LogP contribution >= 0.6 is 0 Å². The Hall–Kier alpha value is -1.28. The minimum atomic E-state index is -0.614. The molecule has 0 aromatic rings. The van der Waals surface area contributed by atoms with Gasteiger partial charge >= 0.3 is 0 Å². The number of rotatable bonds is 3. The molecule has 2 aliphatic heterocycles. The molecule has 5 nitrogen and oxygen atoms in total. The number of nitrogens with zero attached hydrogens (tertiary/aromatic N) is 4. The van der Waals surface area contributed by atoms with E-state index >= 15 is 0 Å². The molecule has 2 rings (SSSR count). The highest BCUT2D eigenvalue weighted by molar-refractivity contribution is 5.75. The molecule has 0 bridgehead atoms. The SMILES string of the molecule is CC(=O)CCN1C[C@@H]2CN=N[C@]2(C#N)C1. The quantitative estimate of drug-likeness (QED) is 0.680. The molecular formula is C10H14N4O. The predicted molar refractivity (Wildman–Crippen MR) is 53.3 cm³/mol. The van der Waals surface area contributed by atoms with Gasteiger partial charge in [-0.1, -0.05) is 0 Å². The van der Waals surface area contributed by atoms with E-state index in [0.29, 0.717) is 19.5 Å². The Bertz CT molecular complexity index is 346. The van der Waals surface area contributed by atoms with Crippen LogP contribution in [-0.2, 0) is 4.79 Å². The Morgan fingerprint density at radius 1 is 1.73 bits per heavy atom. The summed E-state index contributed by atoms with van der Waals surface area (Å²) in [6.45, 7) is 4.46. The third-order valence-electron chi connectivity index (χ3n) is 3.14. The molecular weight excluding hydrogens is 192 g/mol. The number of ketones is 1. The first-order valence-electron chi connectivity index (χ1n) is 5.18. The van der Waals surface area contributed by atoms with Gasteiger partial charge in [0.05, 0.1) is 12.6 Å². The maximum absolute atomic E-state index is 10.9. The van der Waals surface area contributed by atoms with Crippen LogP contribution in [0.1, 0.15) is 13.3 Å². The Balaban J connectivity index is 1.97. The zero-order valence-electron chi connectivity index (χ0n) is 8.81. The average molecular weight is 206 g/mol. The normalized spacial score (nSPS) is 34.0. The molecule has 0 unspecified atom stereocenters. The van der Waals surface area contributed by atoms with E-state index in [2.05, 4.69) is 21.2 Å². The van der Waals surface area contributed by atoms with E-state index < -0.39 is 5.54 Å². The van der Waals surface area contributed by atoms with Gasteiger partial charge in [-0.3, -0.25) is 9.69 Å². The van der Waals surface area contributed by atoms with E-state index in [4.69, 9.17) is 5.26 Å². The Labute approximate surface area is 88.8 Å². The summed E-state index contributed by atoms with van der Waals surface area (Å²) in [7, 11) is 0. The van der Waals surface area contributed by atoms with Crippen LogP contribution in [0.25, 0.3) is 0 Å². The van der Waals surface area contributed by atoms with Crippen LogP contribution in [0.4, 0.5) is 0 Å². The van der Waals surface area contributed by atoms with Crippen molar-refractivity contribution in [3.8, 4) is 6.07 Å². The molecule has 0 saturated carbocycles. The Morgan fingerprint density at radius 2 is 2.53 bits per heavy atom. The van der Waals surface area contributed by atoms with Gasteiger partial charge < -0.3 is 0 Å². The number of nitriles is 1. The molecule has 2 aliphatic rings. The van der Waals surface area contributed by atoms with E-state index in [-0.39, 0.29) is 11.7 Å². The molecule has 0 amide bonds. The zero-order valence-corrected chi connectivity index (χ0v) is 8.81. The van der Waals surface area contributed by atoms with Crippen molar-refractivity contribution in [2.75, 3.05) is 26.2 Å². The number of Topliss-reactive ketones (excluding diaryl/α,β-unsaturated/α-hetero) is 1. The van der Waals surface area contributed by atoms with E-state index in [1.165, 1.54) is 0 Å². The van der Waals surface area contributed by atoms with Gasteiger partial charge in [0.2, 0.25) is 0 Å². The summed E-state index contributed by atoms with van der Waals surface area (Å²) >= 11 is 0. The van der Waals surface area contributed by atoms with Gasteiger partial charge in [-0.15, -0.1) is 0 Å². The van der Waals surface area contributed by atoms with Gasteiger partial charge in [-0.05, 0) is 6.92 Å². The summed E-state index contributed by atoms with van der Waals surface area (Å²) in [4.78, 5) is 13.0. The van der Waals surface area contributed by atoms with E-state index in [9.17, 15) is 4.79 Å². The molecule has 2 atom stereocenters. The lowest BCUT2D eigenvalue weighted by Gasteiger charge is -2.15. The van der Waals surface area contributed by atoms with Crippen LogP contribution in [0, 0.1) is 17.2 Å². The number of carbonyl (C=O) groups excluding carboxylic acids is 1. The van der Waals surface area contributed by atoms with Crippen LogP contribution in [0.2, 0.25) is 0 Å². The smallest absolute Gasteiger partial charge is 0.185 e. The number of carbonyl (C=O) groups is 1. The highest BCUT2D eigenvalue weighted by atomic mass is 16.1. The molecule has 0 aromatic heterocycles. The van der Waals surface area contributed by atoms with Crippen LogP contribution in [-0.4, -0.2) is 42.4 Å². The van der Waals surface area contributed by atoms with E-state index in [1.807, 2.05) is 0 Å². The summed E-state index contributed by atoms with van der Waals surface area (Å²) in [6.07, 6.45) is 0.561. The van der Waals surface area contributed by atoms with Gasteiger partial charge in [0.1, 0.15) is 5.78 Å². The molecule has 0 aromatic carbocycles. The molecule has 5 heteroatoms. The number of hydrogen-bond acceptors (Lipinski definition) is 5. The van der Waals surface area contributed by atoms with Crippen LogP contribution in [0.3, 0.4) is 0 Å². The lowest BCUT2D eigenvalue weighted by Crippen LogP contribution is -2.32. The van der Waals surface area contributed by atoms with Crippen molar-refractivity contribution in [3.05, 3.63) is 0 Å². The summed E-state index contributed by atoms with van der Waals surface area (Å²) in [5.74, 6) is 0.425. The number of fused-ring (bicyclic) bond motifs is 1. The minimum absolute atomic E-state index is 0.194. The van der Waals surface area contributed by atoms with Crippen molar-refractivity contribution in [2.45, 2.75) is 18.9 Å². The fraction of sp³-hybridized carbons (Fsp3) is 0.800. The minimum Gasteiger partial charge on any atom is -0.300 e. The zero-order chi connectivity index (χ0) is 10.9. The van der Waals surface area contributed by atoms with Gasteiger partial charge in [0.15, 0.2) is 5.54 Å². The van der Waals surface area contributed by atoms with Crippen molar-refractivity contribution < 1.29 is 4.79 Å². The molecule has 0 aliphatic carbocycles. The van der Waals surface area contributed by atoms with Crippen LogP contribution < -0.4 is 0 Å². The molecule has 15 heavy (non-hydrogen) atoms. The lowest BCUT2D eigenvalue weighted by molar-refractivity contribution is -0.117. The second-order valence-electron chi connectivity index (χ2n) is 4.34. The summed E-state index contributed by atoms with van der Waals surface area (Å²) in [5.41, 5.74) is -0.614. The first-order chi connectivity index (χ1) is 7.16. The highest BCUT2D eigenvalue weighted by Gasteiger charge is 2.50. The monoisotopic (exact) mass is 206 g/mol. The topological polar surface area (TPSA) is 68.8 Å². The van der Waals surface area contributed by atoms with Gasteiger partial charge in [-0.2, -0.15) is 15.5 Å². The largest absolute Gasteiger partial charge is 0.300 e. The van der Waals surface area contributed by atoms with Crippen molar-refractivity contribution in [3.63, 3.8) is 0 Å². The second kappa shape index (κ2) is 3.70. The van der Waals surface area contributed by atoms with Crippen molar-refractivity contribution in [1.82, 2.24) is 4.90 Å². The van der Waals surface area contributed by atoms with E-state index in [1.54, 1.807) is 6.92 Å². The standard InChI is InChI=1S/C10H14N4O/c1-8(15)2-3-14-5-9-4-12-13-10(9,6-11)7-14/h9H,2-5,7H2,1H3/t9-,10+/m0/s1. The number of hydrogen-bond donors (Lipinski definition) is 0. The van der Waals surface area contributed by atoms with Gasteiger partial charge in [-0.25, -0.2) is 0 Å². The van der Waals surface area contributed by atoms with Crippen molar-refractivity contribution >= 4 is 5.78 Å². The van der Waals surface area contributed by atoms with Gasteiger partial charge in [0.25, 0.3) is 0 Å². The molecule has 0 N–H and O–H groups in total. The maximum atomic E-state index is 10.9. The number of likely N-dealkylation sites (tertiary alicyclic amines) is 1. The maximum Gasteiger partial charge on any atom is 0.185 e. The summed E-state index contributed by atoms with van der Waals surface area (Å²) in [5, 5.41) is 17.1. The fourth-order valence-electron chi connectivity index (χ4n) is 2.22. The van der Waals surface area contributed by atoms with E-state index in [0.717, 1.165) is 13.1 Å². The first kappa shape index (κ1) is 10.2. The fourth-order valence-corrected chi connectivity index (χ4v) is 2.22.